The molecule has 17 heavy (non-hydrogen) atoms. The highest BCUT2D eigenvalue weighted by Crippen LogP contribution is 2.29. The first-order valence-corrected chi connectivity index (χ1v) is 6.78. The lowest BCUT2D eigenvalue weighted by atomic mass is 9.84. The van der Waals surface area contributed by atoms with E-state index < -0.39 is 0 Å². The lowest BCUT2D eigenvalue weighted by molar-refractivity contribution is 0.327. The Labute approximate surface area is 107 Å². The first-order chi connectivity index (χ1) is 8.17. The fraction of sp³-hybridized carbons (Fsp3) is 0.571. The predicted octanol–water partition coefficient (Wildman–Crippen LogP) is 4.86. The van der Waals surface area contributed by atoms with Gasteiger partial charge in [-0.25, -0.2) is 4.39 Å². The van der Waals surface area contributed by atoms with Gasteiger partial charge in [-0.2, -0.15) is 0 Å². The molecule has 1 fully saturated rings. The van der Waals surface area contributed by atoms with Gasteiger partial charge >= 0.3 is 0 Å². The van der Waals surface area contributed by atoms with Gasteiger partial charge in [0.25, 0.3) is 0 Å². The molecule has 1 aromatic rings. The van der Waals surface area contributed by atoms with Crippen LogP contribution < -0.4 is 5.32 Å². The maximum atomic E-state index is 13.2. The van der Waals surface area contributed by atoms with Crippen LogP contribution >= 0.6 is 11.6 Å². The van der Waals surface area contributed by atoms with E-state index >= 15 is 0 Å². The quantitative estimate of drug-likeness (QED) is 0.813. The van der Waals surface area contributed by atoms with Crippen LogP contribution in [0, 0.1) is 11.7 Å². The summed E-state index contributed by atoms with van der Waals surface area (Å²) in [5.74, 6) is 0.535. The normalized spacial score (nSPS) is 24.6. The molecule has 94 valence electrons. The Morgan fingerprint density at radius 1 is 1.35 bits per heavy atom. The summed E-state index contributed by atoms with van der Waals surface area (Å²) in [6, 6.07) is 5.11. The number of hydrogen-bond donors (Lipinski definition) is 1. The van der Waals surface area contributed by atoms with Crippen LogP contribution in [0.1, 0.15) is 39.0 Å². The molecule has 1 aromatic carbocycles. The third kappa shape index (κ3) is 3.60. The molecule has 0 spiro atoms. The maximum absolute atomic E-state index is 13.2. The molecule has 1 N–H and O–H groups in total. The number of halogens is 2. The molecular weight excluding hydrogens is 237 g/mol. The summed E-state index contributed by atoms with van der Waals surface area (Å²) in [7, 11) is 0. The summed E-state index contributed by atoms with van der Waals surface area (Å²) in [4.78, 5) is 0. The van der Waals surface area contributed by atoms with Gasteiger partial charge in [0.2, 0.25) is 0 Å². The van der Waals surface area contributed by atoms with E-state index in [9.17, 15) is 4.39 Å². The average molecular weight is 256 g/mol. The Kier molecular flexibility index (Phi) is 4.27. The summed E-state index contributed by atoms with van der Waals surface area (Å²) in [5, 5.41) is 3.86. The van der Waals surface area contributed by atoms with Gasteiger partial charge < -0.3 is 5.32 Å². The summed E-state index contributed by atoms with van der Waals surface area (Å²) >= 11 is 5.84. The van der Waals surface area contributed by atoms with Crippen LogP contribution in [0.25, 0.3) is 0 Å². The van der Waals surface area contributed by atoms with Crippen molar-refractivity contribution < 1.29 is 4.39 Å². The zero-order valence-electron chi connectivity index (χ0n) is 10.2. The average Bonchev–Trinajstić information content (AvgIpc) is 2.28. The van der Waals surface area contributed by atoms with Gasteiger partial charge in [-0.3, -0.25) is 0 Å². The monoisotopic (exact) mass is 255 g/mol. The van der Waals surface area contributed by atoms with Crippen LogP contribution in [0.3, 0.4) is 0 Å². The van der Waals surface area contributed by atoms with Crippen molar-refractivity contribution in [3.05, 3.63) is 29.0 Å². The molecule has 0 radical (unpaired) electrons. The molecule has 2 atom stereocenters. The fourth-order valence-corrected chi connectivity index (χ4v) is 2.89. The van der Waals surface area contributed by atoms with E-state index in [-0.39, 0.29) is 5.82 Å². The zero-order chi connectivity index (χ0) is 12.3. The first-order valence-electron chi connectivity index (χ1n) is 6.40. The second-order valence-electron chi connectivity index (χ2n) is 4.94. The number of nitrogens with one attached hydrogen (secondary N) is 1. The minimum absolute atomic E-state index is 0.275. The van der Waals surface area contributed by atoms with Crippen molar-refractivity contribution >= 4 is 17.3 Å². The number of hydrogen-bond acceptors (Lipinski definition) is 1. The summed E-state index contributed by atoms with van der Waals surface area (Å²) in [6.07, 6.45) is 6.19. The third-order valence-electron chi connectivity index (χ3n) is 3.59. The molecular formula is C14H19ClFN. The summed E-state index contributed by atoms with van der Waals surface area (Å²) in [6.45, 7) is 2.24. The molecule has 1 aliphatic carbocycles. The van der Waals surface area contributed by atoms with Crippen molar-refractivity contribution in [3.63, 3.8) is 0 Å². The highest BCUT2D eigenvalue weighted by molar-refractivity contribution is 6.30. The minimum Gasteiger partial charge on any atom is -0.382 e. The van der Waals surface area contributed by atoms with Crippen molar-refractivity contribution in [2.45, 2.75) is 45.1 Å². The van der Waals surface area contributed by atoms with Gasteiger partial charge in [0.15, 0.2) is 0 Å². The van der Waals surface area contributed by atoms with Crippen LogP contribution in [-0.4, -0.2) is 6.04 Å². The molecule has 0 aliphatic heterocycles. The predicted molar refractivity (Wildman–Crippen MR) is 71.1 cm³/mol. The van der Waals surface area contributed by atoms with Gasteiger partial charge in [-0.1, -0.05) is 37.8 Å². The molecule has 1 aliphatic rings. The molecule has 1 nitrogen and oxygen atoms in total. The maximum Gasteiger partial charge on any atom is 0.126 e. The van der Waals surface area contributed by atoms with Crippen LogP contribution in [0.2, 0.25) is 5.02 Å². The molecule has 2 unspecified atom stereocenters. The Bertz CT molecular complexity index is 360. The largest absolute Gasteiger partial charge is 0.382 e. The Morgan fingerprint density at radius 2 is 2.18 bits per heavy atom. The molecule has 2 rings (SSSR count). The highest BCUT2D eigenvalue weighted by atomic mass is 35.5. The zero-order valence-corrected chi connectivity index (χ0v) is 10.9. The standard InChI is InChI=1S/C14H19ClFN/c1-2-10-4-3-5-13(6-10)17-14-8-11(15)7-12(16)9-14/h7-10,13,17H,2-6H2,1H3. The van der Waals surface area contributed by atoms with E-state index in [1.54, 1.807) is 6.07 Å². The van der Waals surface area contributed by atoms with Gasteiger partial charge in [-0.05, 0) is 37.0 Å². The SMILES string of the molecule is CCC1CCCC(Nc2cc(F)cc(Cl)c2)C1. The van der Waals surface area contributed by atoms with Gasteiger partial charge in [0.1, 0.15) is 5.82 Å². The molecule has 1 saturated carbocycles. The highest BCUT2D eigenvalue weighted by Gasteiger charge is 2.20. The van der Waals surface area contributed by atoms with Crippen molar-refractivity contribution in [2.24, 2.45) is 5.92 Å². The van der Waals surface area contributed by atoms with E-state index in [2.05, 4.69) is 12.2 Å². The van der Waals surface area contributed by atoms with Crippen molar-refractivity contribution in [1.29, 1.82) is 0 Å². The second kappa shape index (κ2) is 5.72. The lowest BCUT2D eigenvalue weighted by Crippen LogP contribution is -2.27. The van der Waals surface area contributed by atoms with Crippen LogP contribution in [0.4, 0.5) is 10.1 Å². The van der Waals surface area contributed by atoms with Gasteiger partial charge in [0.05, 0.1) is 0 Å². The summed E-state index contributed by atoms with van der Waals surface area (Å²) < 4.78 is 13.2. The number of anilines is 1. The van der Waals surface area contributed by atoms with E-state index in [1.165, 1.54) is 44.2 Å². The van der Waals surface area contributed by atoms with Crippen LogP contribution in [0.5, 0.6) is 0 Å². The van der Waals surface area contributed by atoms with E-state index in [0.29, 0.717) is 11.1 Å². The Morgan fingerprint density at radius 3 is 2.88 bits per heavy atom. The number of rotatable bonds is 3. The van der Waals surface area contributed by atoms with E-state index in [1.807, 2.05) is 0 Å². The first kappa shape index (κ1) is 12.7. The van der Waals surface area contributed by atoms with E-state index in [0.717, 1.165) is 11.6 Å². The Balaban J connectivity index is 2.00. The van der Waals surface area contributed by atoms with Gasteiger partial charge in [-0.15, -0.1) is 0 Å². The molecule has 3 heteroatoms. The topological polar surface area (TPSA) is 12.0 Å². The van der Waals surface area contributed by atoms with Crippen molar-refractivity contribution in [1.82, 2.24) is 0 Å². The molecule has 0 aromatic heterocycles. The third-order valence-corrected chi connectivity index (χ3v) is 3.81. The smallest absolute Gasteiger partial charge is 0.126 e. The van der Waals surface area contributed by atoms with E-state index in [4.69, 9.17) is 11.6 Å². The lowest BCUT2D eigenvalue weighted by Gasteiger charge is -2.29. The van der Waals surface area contributed by atoms with Crippen LogP contribution in [-0.2, 0) is 0 Å². The molecule has 0 saturated heterocycles. The molecule has 0 heterocycles. The number of benzene rings is 1. The second-order valence-corrected chi connectivity index (χ2v) is 5.38. The Hall–Kier alpha value is -0.760. The summed E-state index contributed by atoms with van der Waals surface area (Å²) in [5.41, 5.74) is 0.803. The van der Waals surface area contributed by atoms with Crippen molar-refractivity contribution in [3.8, 4) is 0 Å². The van der Waals surface area contributed by atoms with Crippen molar-refractivity contribution in [2.75, 3.05) is 5.32 Å². The molecule has 0 amide bonds. The fourth-order valence-electron chi connectivity index (χ4n) is 2.67. The van der Waals surface area contributed by atoms with Gasteiger partial charge in [0, 0.05) is 16.8 Å². The van der Waals surface area contributed by atoms with Crippen LogP contribution in [0.15, 0.2) is 18.2 Å². The minimum atomic E-state index is -0.275. The molecule has 0 bridgehead atoms.